The van der Waals surface area contributed by atoms with Crippen molar-refractivity contribution in [2.45, 2.75) is 19.4 Å². The predicted molar refractivity (Wildman–Crippen MR) is 75.6 cm³/mol. The number of rotatable bonds is 4. The number of likely N-dealkylation sites (N-methyl/N-ethyl adjacent to an activating group) is 1. The van der Waals surface area contributed by atoms with Crippen LogP contribution >= 0.6 is 11.3 Å². The SMILES string of the molecule is CC(c1cccs1)N(C)C(=O)Cc1ccccc1F. The minimum absolute atomic E-state index is 0.0132. The lowest BCUT2D eigenvalue weighted by atomic mass is 10.1. The van der Waals surface area contributed by atoms with Crippen molar-refractivity contribution in [2.75, 3.05) is 7.05 Å². The van der Waals surface area contributed by atoms with E-state index in [1.165, 1.54) is 6.07 Å². The van der Waals surface area contributed by atoms with Gasteiger partial charge in [0.25, 0.3) is 0 Å². The maximum atomic E-state index is 13.5. The maximum Gasteiger partial charge on any atom is 0.227 e. The van der Waals surface area contributed by atoms with E-state index < -0.39 is 0 Å². The fourth-order valence-electron chi connectivity index (χ4n) is 1.87. The Balaban J connectivity index is 2.06. The topological polar surface area (TPSA) is 20.3 Å². The molecule has 1 aromatic carbocycles. The highest BCUT2D eigenvalue weighted by molar-refractivity contribution is 7.10. The quantitative estimate of drug-likeness (QED) is 0.835. The van der Waals surface area contributed by atoms with E-state index in [0.717, 1.165) is 4.88 Å². The summed E-state index contributed by atoms with van der Waals surface area (Å²) in [5.41, 5.74) is 0.442. The van der Waals surface area contributed by atoms with Crippen LogP contribution in [-0.4, -0.2) is 17.9 Å². The van der Waals surface area contributed by atoms with E-state index >= 15 is 0 Å². The summed E-state index contributed by atoms with van der Waals surface area (Å²) in [5.74, 6) is -0.404. The second-order valence-electron chi connectivity index (χ2n) is 4.46. The zero-order valence-corrected chi connectivity index (χ0v) is 11.8. The van der Waals surface area contributed by atoms with E-state index in [1.807, 2.05) is 24.4 Å². The Morgan fingerprint density at radius 3 is 2.68 bits per heavy atom. The molecule has 2 rings (SSSR count). The third-order valence-electron chi connectivity index (χ3n) is 3.23. The lowest BCUT2D eigenvalue weighted by Crippen LogP contribution is -2.30. The van der Waals surface area contributed by atoms with Crippen LogP contribution in [0.25, 0.3) is 0 Å². The van der Waals surface area contributed by atoms with Gasteiger partial charge in [0, 0.05) is 11.9 Å². The van der Waals surface area contributed by atoms with Crippen molar-refractivity contribution in [3.05, 3.63) is 58.0 Å². The summed E-state index contributed by atoms with van der Waals surface area (Å²) in [7, 11) is 1.76. The van der Waals surface area contributed by atoms with Crippen LogP contribution in [0.5, 0.6) is 0 Å². The Labute approximate surface area is 116 Å². The first-order valence-electron chi connectivity index (χ1n) is 6.12. The van der Waals surface area contributed by atoms with Crippen LogP contribution < -0.4 is 0 Å². The van der Waals surface area contributed by atoms with Crippen molar-refractivity contribution in [2.24, 2.45) is 0 Å². The monoisotopic (exact) mass is 277 g/mol. The summed E-state index contributed by atoms with van der Waals surface area (Å²) >= 11 is 1.62. The van der Waals surface area contributed by atoms with Gasteiger partial charge in [-0.05, 0) is 30.0 Å². The normalized spacial score (nSPS) is 12.2. The molecule has 0 fully saturated rings. The van der Waals surface area contributed by atoms with Gasteiger partial charge in [-0.2, -0.15) is 0 Å². The first-order chi connectivity index (χ1) is 9.09. The van der Waals surface area contributed by atoms with Gasteiger partial charge in [0.1, 0.15) is 5.82 Å². The summed E-state index contributed by atoms with van der Waals surface area (Å²) < 4.78 is 13.5. The largest absolute Gasteiger partial charge is 0.338 e. The molecule has 1 amide bonds. The number of benzene rings is 1. The molecule has 0 spiro atoms. The van der Waals surface area contributed by atoms with Crippen molar-refractivity contribution in [1.29, 1.82) is 0 Å². The van der Waals surface area contributed by atoms with Gasteiger partial charge in [-0.15, -0.1) is 11.3 Å². The van der Waals surface area contributed by atoms with Gasteiger partial charge in [0.05, 0.1) is 12.5 Å². The molecule has 0 radical (unpaired) electrons. The predicted octanol–water partition coefficient (Wildman–Crippen LogP) is 3.65. The third kappa shape index (κ3) is 3.20. The fraction of sp³-hybridized carbons (Fsp3) is 0.267. The van der Waals surface area contributed by atoms with Crippen molar-refractivity contribution in [3.8, 4) is 0 Å². The van der Waals surface area contributed by atoms with Gasteiger partial charge < -0.3 is 4.90 Å². The Morgan fingerprint density at radius 2 is 2.05 bits per heavy atom. The van der Waals surface area contributed by atoms with Gasteiger partial charge >= 0.3 is 0 Å². The number of halogens is 1. The molecule has 1 atom stereocenters. The summed E-state index contributed by atoms with van der Waals surface area (Å²) in [5, 5.41) is 1.99. The maximum absolute atomic E-state index is 13.5. The fourth-order valence-corrected chi connectivity index (χ4v) is 2.69. The van der Waals surface area contributed by atoms with Gasteiger partial charge in [0.15, 0.2) is 0 Å². The van der Waals surface area contributed by atoms with Crippen LogP contribution in [0, 0.1) is 5.82 Å². The Morgan fingerprint density at radius 1 is 1.32 bits per heavy atom. The zero-order valence-electron chi connectivity index (χ0n) is 11.0. The molecule has 100 valence electrons. The Hall–Kier alpha value is -1.68. The molecule has 2 nitrogen and oxygen atoms in total. The van der Waals surface area contributed by atoms with Crippen LogP contribution in [0.3, 0.4) is 0 Å². The molecule has 0 aliphatic heterocycles. The summed E-state index contributed by atoms with van der Waals surface area (Å²) in [6.07, 6.45) is 0.0961. The molecule has 0 aliphatic carbocycles. The lowest BCUT2D eigenvalue weighted by molar-refractivity contribution is -0.131. The van der Waals surface area contributed by atoms with Crippen LogP contribution in [-0.2, 0) is 11.2 Å². The molecule has 0 saturated carbocycles. The van der Waals surface area contributed by atoms with Crippen molar-refractivity contribution >= 4 is 17.2 Å². The molecular weight excluding hydrogens is 261 g/mol. The molecule has 0 aliphatic rings. The Kier molecular flexibility index (Phi) is 4.32. The van der Waals surface area contributed by atoms with Crippen molar-refractivity contribution in [1.82, 2.24) is 4.90 Å². The lowest BCUT2D eigenvalue weighted by Gasteiger charge is -2.24. The second kappa shape index (κ2) is 5.97. The summed E-state index contributed by atoms with van der Waals surface area (Å²) in [4.78, 5) is 15.0. The minimum atomic E-state index is -0.326. The van der Waals surface area contributed by atoms with Crippen LogP contribution in [0.2, 0.25) is 0 Å². The molecule has 1 unspecified atom stereocenters. The molecule has 0 saturated heterocycles. The number of carbonyl (C=O) groups excluding carboxylic acids is 1. The molecule has 4 heteroatoms. The average Bonchev–Trinajstić information content (AvgIpc) is 2.93. The molecular formula is C15H16FNOS. The molecule has 0 N–H and O–H groups in total. The number of nitrogens with zero attached hydrogens (tertiary/aromatic N) is 1. The number of hydrogen-bond acceptors (Lipinski definition) is 2. The van der Waals surface area contributed by atoms with E-state index in [0.29, 0.717) is 5.56 Å². The number of hydrogen-bond donors (Lipinski definition) is 0. The van der Waals surface area contributed by atoms with Crippen LogP contribution in [0.1, 0.15) is 23.4 Å². The highest BCUT2D eigenvalue weighted by Gasteiger charge is 2.19. The average molecular weight is 277 g/mol. The molecule has 1 aromatic heterocycles. The number of carbonyl (C=O) groups is 1. The van der Waals surface area contributed by atoms with Gasteiger partial charge in [-0.1, -0.05) is 24.3 Å². The van der Waals surface area contributed by atoms with E-state index in [4.69, 9.17) is 0 Å². The first kappa shape index (κ1) is 13.7. The van der Waals surface area contributed by atoms with E-state index in [9.17, 15) is 9.18 Å². The van der Waals surface area contributed by atoms with Gasteiger partial charge in [-0.25, -0.2) is 4.39 Å². The van der Waals surface area contributed by atoms with Gasteiger partial charge in [0.2, 0.25) is 5.91 Å². The number of thiophene rings is 1. The van der Waals surface area contributed by atoms with E-state index in [2.05, 4.69) is 0 Å². The third-order valence-corrected chi connectivity index (χ3v) is 4.27. The van der Waals surface area contributed by atoms with E-state index in [1.54, 1.807) is 41.5 Å². The highest BCUT2D eigenvalue weighted by atomic mass is 32.1. The van der Waals surface area contributed by atoms with Gasteiger partial charge in [-0.3, -0.25) is 4.79 Å². The second-order valence-corrected chi connectivity index (χ2v) is 5.44. The Bertz CT molecular complexity index is 553. The highest BCUT2D eigenvalue weighted by Crippen LogP contribution is 2.24. The van der Waals surface area contributed by atoms with E-state index in [-0.39, 0.29) is 24.2 Å². The number of amides is 1. The molecule has 2 aromatic rings. The summed E-state index contributed by atoms with van der Waals surface area (Å²) in [6, 6.07) is 10.4. The minimum Gasteiger partial charge on any atom is -0.338 e. The molecule has 19 heavy (non-hydrogen) atoms. The van der Waals surface area contributed by atoms with Crippen molar-refractivity contribution in [3.63, 3.8) is 0 Å². The van der Waals surface area contributed by atoms with Crippen LogP contribution in [0.4, 0.5) is 4.39 Å². The van der Waals surface area contributed by atoms with Crippen molar-refractivity contribution < 1.29 is 9.18 Å². The summed E-state index contributed by atoms with van der Waals surface area (Å²) in [6.45, 7) is 1.98. The zero-order chi connectivity index (χ0) is 13.8. The van der Waals surface area contributed by atoms with Crippen LogP contribution in [0.15, 0.2) is 41.8 Å². The molecule has 0 bridgehead atoms. The first-order valence-corrected chi connectivity index (χ1v) is 7.00. The molecule has 1 heterocycles. The standard InChI is InChI=1S/C15H16FNOS/c1-11(14-8-5-9-19-14)17(2)15(18)10-12-6-3-4-7-13(12)16/h3-9,11H,10H2,1-2H3. The smallest absolute Gasteiger partial charge is 0.227 e.